The van der Waals surface area contributed by atoms with E-state index in [0.29, 0.717) is 28.4 Å². The Hall–Kier alpha value is -3.60. The molecule has 8 heteroatoms. The van der Waals surface area contributed by atoms with Crippen LogP contribution in [0.25, 0.3) is 5.57 Å². The van der Waals surface area contributed by atoms with Gasteiger partial charge in [-0.05, 0) is 29.8 Å². The summed E-state index contributed by atoms with van der Waals surface area (Å²) in [6.07, 6.45) is -5.00. The van der Waals surface area contributed by atoms with Gasteiger partial charge in [0.1, 0.15) is 0 Å². The van der Waals surface area contributed by atoms with Gasteiger partial charge in [0, 0.05) is 11.1 Å². The van der Waals surface area contributed by atoms with Crippen molar-refractivity contribution in [3.05, 3.63) is 54.1 Å². The highest BCUT2D eigenvalue weighted by Gasteiger charge is 2.38. The summed E-state index contributed by atoms with van der Waals surface area (Å²) in [5.74, 6) is 4.65. The SMILES string of the molecule is C=C(C#Cc1ccccc1NC(=O)C(F)(F)F)c1cc(OC)c(OC)c(OC)c1. The number of nitrogens with one attached hydrogen (secondary N) is 1. The highest BCUT2D eigenvalue weighted by Crippen LogP contribution is 2.39. The van der Waals surface area contributed by atoms with Crippen molar-refractivity contribution in [3.8, 4) is 29.1 Å². The maximum Gasteiger partial charge on any atom is 0.471 e. The molecule has 29 heavy (non-hydrogen) atoms. The van der Waals surface area contributed by atoms with Crippen LogP contribution in [0, 0.1) is 11.8 Å². The predicted octanol–water partition coefficient (Wildman–Crippen LogP) is 4.28. The molecule has 0 fully saturated rings. The lowest BCUT2D eigenvalue weighted by molar-refractivity contribution is -0.167. The van der Waals surface area contributed by atoms with E-state index < -0.39 is 12.1 Å². The number of rotatable bonds is 5. The number of carbonyl (C=O) groups is 1. The summed E-state index contributed by atoms with van der Waals surface area (Å²) in [6, 6.07) is 9.20. The molecule has 0 radical (unpaired) electrons. The van der Waals surface area contributed by atoms with Crippen molar-refractivity contribution in [2.45, 2.75) is 6.18 Å². The van der Waals surface area contributed by atoms with Crippen LogP contribution in [-0.2, 0) is 4.79 Å². The van der Waals surface area contributed by atoms with Gasteiger partial charge in [-0.25, -0.2) is 0 Å². The fraction of sp³-hybridized carbons (Fsp3) is 0.190. The Morgan fingerprint density at radius 1 is 1.03 bits per heavy atom. The molecule has 0 heterocycles. The number of benzene rings is 2. The fourth-order valence-corrected chi connectivity index (χ4v) is 2.36. The van der Waals surface area contributed by atoms with Crippen molar-refractivity contribution in [2.75, 3.05) is 26.6 Å². The molecular weight excluding hydrogens is 387 g/mol. The molecule has 0 aliphatic rings. The average Bonchev–Trinajstić information content (AvgIpc) is 2.70. The van der Waals surface area contributed by atoms with Gasteiger partial charge in [0.25, 0.3) is 0 Å². The predicted molar refractivity (Wildman–Crippen MR) is 103 cm³/mol. The molecule has 2 rings (SSSR count). The zero-order valence-corrected chi connectivity index (χ0v) is 15.9. The van der Waals surface area contributed by atoms with Crippen molar-refractivity contribution < 1.29 is 32.2 Å². The van der Waals surface area contributed by atoms with Crippen LogP contribution in [0.2, 0.25) is 0 Å². The van der Waals surface area contributed by atoms with Gasteiger partial charge >= 0.3 is 12.1 Å². The third-order valence-corrected chi connectivity index (χ3v) is 3.79. The number of para-hydroxylation sites is 1. The summed E-state index contributed by atoms with van der Waals surface area (Å²) in [7, 11) is 4.41. The zero-order valence-electron chi connectivity index (χ0n) is 15.9. The van der Waals surface area contributed by atoms with E-state index in [1.54, 1.807) is 18.2 Å². The Morgan fingerprint density at radius 3 is 2.14 bits per heavy atom. The van der Waals surface area contributed by atoms with Crippen LogP contribution in [0.5, 0.6) is 17.2 Å². The molecule has 2 aromatic carbocycles. The van der Waals surface area contributed by atoms with E-state index in [2.05, 4.69) is 18.4 Å². The van der Waals surface area contributed by atoms with E-state index in [9.17, 15) is 18.0 Å². The Morgan fingerprint density at radius 2 is 1.62 bits per heavy atom. The van der Waals surface area contributed by atoms with Crippen LogP contribution < -0.4 is 19.5 Å². The largest absolute Gasteiger partial charge is 0.493 e. The number of anilines is 1. The molecule has 152 valence electrons. The van der Waals surface area contributed by atoms with Crippen molar-refractivity contribution in [1.82, 2.24) is 0 Å². The third kappa shape index (κ3) is 5.23. The van der Waals surface area contributed by atoms with Crippen LogP contribution >= 0.6 is 0 Å². The number of alkyl halides is 3. The minimum atomic E-state index is -5.00. The molecule has 2 aromatic rings. The molecule has 5 nitrogen and oxygen atoms in total. The van der Waals surface area contributed by atoms with E-state index in [0.717, 1.165) is 0 Å². The van der Waals surface area contributed by atoms with Gasteiger partial charge in [-0.3, -0.25) is 4.79 Å². The zero-order chi connectivity index (χ0) is 21.6. The molecule has 0 unspecified atom stereocenters. The summed E-state index contributed by atoms with van der Waals surface area (Å²) in [4.78, 5) is 11.2. The van der Waals surface area contributed by atoms with Crippen molar-refractivity contribution in [1.29, 1.82) is 0 Å². The number of hydrogen-bond donors (Lipinski definition) is 1. The van der Waals surface area contributed by atoms with Crippen LogP contribution in [0.1, 0.15) is 11.1 Å². The van der Waals surface area contributed by atoms with Crippen molar-refractivity contribution in [3.63, 3.8) is 0 Å². The number of hydrogen-bond acceptors (Lipinski definition) is 4. The maximum atomic E-state index is 12.5. The lowest BCUT2D eigenvalue weighted by Gasteiger charge is -2.13. The number of carbonyl (C=O) groups excluding carboxylic acids is 1. The van der Waals surface area contributed by atoms with Gasteiger partial charge in [-0.1, -0.05) is 30.6 Å². The Labute approximate surface area is 166 Å². The summed E-state index contributed by atoms with van der Waals surface area (Å²) in [6.45, 7) is 3.88. The molecule has 0 bridgehead atoms. The maximum absolute atomic E-state index is 12.5. The standard InChI is InChI=1S/C21H18F3NO4/c1-13(15-11-17(27-2)19(29-4)18(12-15)28-3)9-10-14-7-5-6-8-16(14)25-20(26)21(22,23)24/h5-8,11-12H,1H2,2-4H3,(H,25,26). The lowest BCUT2D eigenvalue weighted by atomic mass is 10.1. The Kier molecular flexibility index (Phi) is 6.78. The first-order valence-corrected chi connectivity index (χ1v) is 8.19. The molecule has 0 aliphatic carbocycles. The normalized spacial score (nSPS) is 10.4. The molecule has 0 atom stereocenters. The van der Waals surface area contributed by atoms with E-state index in [4.69, 9.17) is 14.2 Å². The highest BCUT2D eigenvalue weighted by atomic mass is 19.4. The van der Waals surface area contributed by atoms with Crippen LogP contribution in [0.15, 0.2) is 43.0 Å². The van der Waals surface area contributed by atoms with E-state index in [-0.39, 0.29) is 11.3 Å². The summed E-state index contributed by atoms with van der Waals surface area (Å²) >= 11 is 0. The van der Waals surface area contributed by atoms with Crippen LogP contribution in [-0.4, -0.2) is 33.4 Å². The van der Waals surface area contributed by atoms with Gasteiger partial charge in [-0.2, -0.15) is 13.2 Å². The second-order valence-corrected chi connectivity index (χ2v) is 5.64. The number of allylic oxidation sites excluding steroid dienone is 1. The Bertz CT molecular complexity index is 962. The number of ether oxygens (including phenoxy) is 3. The minimum absolute atomic E-state index is 0.0555. The summed E-state index contributed by atoms with van der Waals surface area (Å²) in [5.41, 5.74) is 1.09. The summed E-state index contributed by atoms with van der Waals surface area (Å²) in [5, 5.41) is 1.81. The molecule has 0 saturated heterocycles. The second-order valence-electron chi connectivity index (χ2n) is 5.64. The van der Waals surface area contributed by atoms with Gasteiger partial charge < -0.3 is 19.5 Å². The van der Waals surface area contributed by atoms with Crippen LogP contribution in [0.4, 0.5) is 18.9 Å². The van der Waals surface area contributed by atoms with Crippen molar-refractivity contribution >= 4 is 17.2 Å². The number of halogens is 3. The molecule has 0 aromatic heterocycles. The quantitative estimate of drug-likeness (QED) is 0.755. The molecule has 1 amide bonds. The van der Waals surface area contributed by atoms with Gasteiger partial charge in [0.15, 0.2) is 11.5 Å². The van der Waals surface area contributed by atoms with Crippen LogP contribution in [0.3, 0.4) is 0 Å². The first-order valence-electron chi connectivity index (χ1n) is 8.19. The van der Waals surface area contributed by atoms with E-state index in [1.807, 2.05) is 5.32 Å². The smallest absolute Gasteiger partial charge is 0.471 e. The van der Waals surface area contributed by atoms with Gasteiger partial charge in [-0.15, -0.1) is 0 Å². The lowest BCUT2D eigenvalue weighted by Crippen LogP contribution is -2.30. The topological polar surface area (TPSA) is 56.8 Å². The molecule has 0 spiro atoms. The molecule has 0 saturated carbocycles. The Balaban J connectivity index is 2.36. The minimum Gasteiger partial charge on any atom is -0.493 e. The van der Waals surface area contributed by atoms with E-state index >= 15 is 0 Å². The fourth-order valence-electron chi connectivity index (χ4n) is 2.36. The number of methoxy groups -OCH3 is 3. The molecule has 1 N–H and O–H groups in total. The van der Waals surface area contributed by atoms with Gasteiger partial charge in [0.2, 0.25) is 5.75 Å². The third-order valence-electron chi connectivity index (χ3n) is 3.79. The number of amides is 1. The molecular formula is C21H18F3NO4. The van der Waals surface area contributed by atoms with Gasteiger partial charge in [0.05, 0.1) is 27.0 Å². The summed E-state index contributed by atoms with van der Waals surface area (Å²) < 4.78 is 53.3. The second kappa shape index (κ2) is 9.06. The molecule has 0 aliphatic heterocycles. The van der Waals surface area contributed by atoms with E-state index in [1.165, 1.54) is 39.5 Å². The van der Waals surface area contributed by atoms with Crippen molar-refractivity contribution in [2.24, 2.45) is 0 Å². The first kappa shape index (κ1) is 21.7. The average molecular weight is 405 g/mol. The highest BCUT2D eigenvalue weighted by molar-refractivity contribution is 5.96. The monoisotopic (exact) mass is 405 g/mol. The first-order chi connectivity index (χ1) is 13.7.